The molecule has 20 heavy (non-hydrogen) atoms. The highest BCUT2D eigenvalue weighted by molar-refractivity contribution is 9.10. The molecule has 0 atom stereocenters. The Morgan fingerprint density at radius 1 is 1.10 bits per heavy atom. The van der Waals surface area contributed by atoms with E-state index in [4.69, 9.17) is 0 Å². The lowest BCUT2D eigenvalue weighted by Crippen LogP contribution is -2.02. The first-order valence-corrected chi connectivity index (χ1v) is 7.00. The predicted molar refractivity (Wildman–Crippen MR) is 80.4 cm³/mol. The molecule has 0 bridgehead atoms. The normalized spacial score (nSPS) is 10.4. The lowest BCUT2D eigenvalue weighted by molar-refractivity contribution is 0.589. The maximum atomic E-state index is 13.7. The van der Waals surface area contributed by atoms with Crippen molar-refractivity contribution >= 4 is 33.0 Å². The van der Waals surface area contributed by atoms with Gasteiger partial charge in [-0.2, -0.15) is 0 Å². The number of nitrogens with one attached hydrogen (secondary N) is 2. The van der Waals surface area contributed by atoms with Crippen LogP contribution in [0, 0.1) is 11.6 Å². The number of anilines is 3. The fourth-order valence-electron chi connectivity index (χ4n) is 1.68. The molecule has 106 valence electrons. The molecule has 3 nitrogen and oxygen atoms in total. The summed E-state index contributed by atoms with van der Waals surface area (Å²) >= 11 is 3.04. The smallest absolute Gasteiger partial charge is 0.150 e. The van der Waals surface area contributed by atoms with E-state index in [0.717, 1.165) is 18.7 Å². The second-order valence-corrected chi connectivity index (χ2v) is 5.17. The molecule has 2 aromatic rings. The largest absolute Gasteiger partial charge is 0.384 e. The molecular formula is C14H14BrF2N3. The fourth-order valence-corrected chi connectivity index (χ4v) is 2.08. The van der Waals surface area contributed by atoms with E-state index in [9.17, 15) is 8.78 Å². The first kappa shape index (κ1) is 14.7. The van der Waals surface area contributed by atoms with E-state index < -0.39 is 11.6 Å². The van der Waals surface area contributed by atoms with Crippen LogP contribution in [0.25, 0.3) is 0 Å². The second kappa shape index (κ2) is 6.65. The molecule has 1 heterocycles. The van der Waals surface area contributed by atoms with Gasteiger partial charge in [0, 0.05) is 11.0 Å². The molecule has 0 aliphatic carbocycles. The molecule has 0 saturated heterocycles. The van der Waals surface area contributed by atoms with Crippen LogP contribution < -0.4 is 10.6 Å². The lowest BCUT2D eigenvalue weighted by atomic mass is 10.2. The summed E-state index contributed by atoms with van der Waals surface area (Å²) in [4.78, 5) is 4.03. The summed E-state index contributed by atoms with van der Waals surface area (Å²) in [5, 5.41) is 5.87. The number of hydrogen-bond donors (Lipinski definition) is 2. The van der Waals surface area contributed by atoms with Gasteiger partial charge in [-0.05, 0) is 24.6 Å². The number of benzene rings is 1. The van der Waals surface area contributed by atoms with E-state index in [2.05, 4.69) is 38.5 Å². The molecule has 0 saturated carbocycles. The van der Waals surface area contributed by atoms with Gasteiger partial charge in [0.2, 0.25) is 0 Å². The highest BCUT2D eigenvalue weighted by atomic mass is 79.9. The Kier molecular flexibility index (Phi) is 4.89. The Bertz CT molecular complexity index is 582. The fraction of sp³-hybridized carbons (Fsp3) is 0.214. The SMILES string of the molecule is CCCNc1cncc(Nc2c(F)cc(Br)cc2F)c1. The molecule has 2 rings (SSSR count). The van der Waals surface area contributed by atoms with Gasteiger partial charge >= 0.3 is 0 Å². The molecule has 0 unspecified atom stereocenters. The molecule has 0 fully saturated rings. The van der Waals surface area contributed by atoms with Gasteiger partial charge in [-0.3, -0.25) is 4.98 Å². The van der Waals surface area contributed by atoms with E-state index in [1.807, 2.05) is 0 Å². The van der Waals surface area contributed by atoms with Crippen molar-refractivity contribution in [1.29, 1.82) is 0 Å². The lowest BCUT2D eigenvalue weighted by Gasteiger charge is -2.11. The van der Waals surface area contributed by atoms with Crippen LogP contribution in [-0.4, -0.2) is 11.5 Å². The standard InChI is InChI=1S/C14H14BrF2N3/c1-2-3-19-10-6-11(8-18-7-10)20-14-12(16)4-9(15)5-13(14)17/h4-8,19-20H,2-3H2,1H3. The van der Waals surface area contributed by atoms with Crippen LogP contribution in [-0.2, 0) is 0 Å². The van der Waals surface area contributed by atoms with Crippen LogP contribution >= 0.6 is 15.9 Å². The maximum Gasteiger partial charge on any atom is 0.150 e. The Morgan fingerprint density at radius 3 is 2.40 bits per heavy atom. The van der Waals surface area contributed by atoms with Gasteiger partial charge in [-0.1, -0.05) is 22.9 Å². The van der Waals surface area contributed by atoms with E-state index in [1.165, 1.54) is 18.3 Å². The minimum atomic E-state index is -0.663. The van der Waals surface area contributed by atoms with Gasteiger partial charge in [0.1, 0.15) is 5.69 Å². The molecular weight excluding hydrogens is 328 g/mol. The average Bonchev–Trinajstić information content (AvgIpc) is 2.41. The highest BCUT2D eigenvalue weighted by Gasteiger charge is 2.11. The number of halogens is 3. The highest BCUT2D eigenvalue weighted by Crippen LogP contribution is 2.27. The van der Waals surface area contributed by atoms with Gasteiger partial charge in [-0.15, -0.1) is 0 Å². The van der Waals surface area contributed by atoms with Crippen molar-refractivity contribution < 1.29 is 8.78 Å². The van der Waals surface area contributed by atoms with Crippen molar-refractivity contribution in [3.05, 3.63) is 46.7 Å². The maximum absolute atomic E-state index is 13.7. The van der Waals surface area contributed by atoms with Crippen molar-refractivity contribution in [3.63, 3.8) is 0 Å². The number of nitrogens with zero attached hydrogens (tertiary/aromatic N) is 1. The Balaban J connectivity index is 2.22. The molecule has 6 heteroatoms. The molecule has 0 spiro atoms. The van der Waals surface area contributed by atoms with E-state index in [0.29, 0.717) is 10.2 Å². The van der Waals surface area contributed by atoms with Crippen LogP contribution in [0.15, 0.2) is 35.1 Å². The minimum Gasteiger partial charge on any atom is -0.384 e. The van der Waals surface area contributed by atoms with Gasteiger partial charge in [-0.25, -0.2) is 8.78 Å². The molecule has 1 aromatic carbocycles. The zero-order valence-electron chi connectivity index (χ0n) is 10.9. The summed E-state index contributed by atoms with van der Waals surface area (Å²) < 4.78 is 27.8. The quantitative estimate of drug-likeness (QED) is 0.828. The van der Waals surface area contributed by atoms with Crippen LogP contribution in [0.5, 0.6) is 0 Å². The van der Waals surface area contributed by atoms with Crippen molar-refractivity contribution in [3.8, 4) is 0 Å². The van der Waals surface area contributed by atoms with Crippen LogP contribution in [0.1, 0.15) is 13.3 Å². The van der Waals surface area contributed by atoms with Crippen LogP contribution in [0.4, 0.5) is 25.8 Å². The number of aromatic nitrogens is 1. The van der Waals surface area contributed by atoms with E-state index in [-0.39, 0.29) is 5.69 Å². The molecule has 2 N–H and O–H groups in total. The summed E-state index contributed by atoms with van der Waals surface area (Å²) in [6, 6.07) is 4.17. The summed E-state index contributed by atoms with van der Waals surface area (Å²) in [5.41, 5.74) is 1.13. The third-order valence-electron chi connectivity index (χ3n) is 2.59. The van der Waals surface area contributed by atoms with Gasteiger partial charge < -0.3 is 10.6 Å². The zero-order valence-corrected chi connectivity index (χ0v) is 12.5. The number of pyridine rings is 1. The Hall–Kier alpha value is -1.69. The van der Waals surface area contributed by atoms with E-state index in [1.54, 1.807) is 12.3 Å². The van der Waals surface area contributed by atoms with Crippen molar-refractivity contribution in [2.75, 3.05) is 17.2 Å². The number of rotatable bonds is 5. The summed E-state index contributed by atoms with van der Waals surface area (Å²) in [6.07, 6.45) is 4.15. The summed E-state index contributed by atoms with van der Waals surface area (Å²) in [5.74, 6) is -1.33. The van der Waals surface area contributed by atoms with Crippen molar-refractivity contribution in [2.24, 2.45) is 0 Å². The summed E-state index contributed by atoms with van der Waals surface area (Å²) in [6.45, 7) is 2.86. The first-order chi connectivity index (χ1) is 9.60. The topological polar surface area (TPSA) is 37.0 Å². The van der Waals surface area contributed by atoms with Crippen LogP contribution in [0.2, 0.25) is 0 Å². The molecule has 0 aliphatic rings. The zero-order chi connectivity index (χ0) is 14.5. The third kappa shape index (κ3) is 3.66. The third-order valence-corrected chi connectivity index (χ3v) is 3.05. The van der Waals surface area contributed by atoms with Crippen molar-refractivity contribution in [2.45, 2.75) is 13.3 Å². The van der Waals surface area contributed by atoms with Gasteiger partial charge in [0.25, 0.3) is 0 Å². The Morgan fingerprint density at radius 2 is 1.75 bits per heavy atom. The molecule has 0 radical (unpaired) electrons. The first-order valence-electron chi connectivity index (χ1n) is 6.20. The van der Waals surface area contributed by atoms with Gasteiger partial charge in [0.05, 0.1) is 23.8 Å². The summed E-state index contributed by atoms with van der Waals surface area (Å²) in [7, 11) is 0. The number of hydrogen-bond acceptors (Lipinski definition) is 3. The monoisotopic (exact) mass is 341 g/mol. The van der Waals surface area contributed by atoms with Crippen molar-refractivity contribution in [1.82, 2.24) is 4.98 Å². The van der Waals surface area contributed by atoms with E-state index >= 15 is 0 Å². The Labute approximate surface area is 124 Å². The second-order valence-electron chi connectivity index (χ2n) is 4.26. The molecule has 0 aliphatic heterocycles. The molecule has 0 amide bonds. The minimum absolute atomic E-state index is 0.192. The predicted octanol–water partition coefficient (Wildman–Crippen LogP) is 4.69. The molecule has 1 aromatic heterocycles. The average molecular weight is 342 g/mol. The van der Waals surface area contributed by atoms with Crippen LogP contribution in [0.3, 0.4) is 0 Å². The van der Waals surface area contributed by atoms with Gasteiger partial charge in [0.15, 0.2) is 11.6 Å².